The molecule has 0 aliphatic carbocycles. The molecule has 1 unspecified atom stereocenters. The van der Waals surface area contributed by atoms with Crippen molar-refractivity contribution in [1.29, 1.82) is 0 Å². The number of aromatic nitrogens is 2. The molecular formula is C17H24N4. The van der Waals surface area contributed by atoms with Gasteiger partial charge in [0.05, 0.1) is 6.20 Å². The molecule has 0 spiro atoms. The summed E-state index contributed by atoms with van der Waals surface area (Å²) in [4.78, 5) is 2.46. The van der Waals surface area contributed by atoms with Crippen LogP contribution in [-0.2, 0) is 6.54 Å². The van der Waals surface area contributed by atoms with Gasteiger partial charge in [0.1, 0.15) is 0 Å². The summed E-state index contributed by atoms with van der Waals surface area (Å²) in [6, 6.07) is 9.12. The van der Waals surface area contributed by atoms with Crippen LogP contribution in [0.25, 0.3) is 0 Å². The number of anilines is 1. The van der Waals surface area contributed by atoms with E-state index in [2.05, 4.69) is 54.3 Å². The second-order valence-electron chi connectivity index (χ2n) is 6.14. The number of hydrogen-bond donors (Lipinski definition) is 1. The maximum atomic E-state index is 5.77. The lowest BCUT2D eigenvalue weighted by Gasteiger charge is -2.19. The van der Waals surface area contributed by atoms with Gasteiger partial charge in [0.25, 0.3) is 0 Å². The minimum absolute atomic E-state index is 0.412. The molecule has 4 nitrogen and oxygen atoms in total. The molecule has 2 N–H and O–H groups in total. The van der Waals surface area contributed by atoms with Crippen molar-refractivity contribution >= 4 is 5.69 Å². The molecule has 4 heteroatoms. The SMILES string of the molecule is CC(C)n1cc(CN2CC(CCN)c3ccccc32)cn1. The van der Waals surface area contributed by atoms with Gasteiger partial charge >= 0.3 is 0 Å². The first-order chi connectivity index (χ1) is 10.2. The number of nitrogens with zero attached hydrogens (tertiary/aromatic N) is 3. The maximum Gasteiger partial charge on any atom is 0.0539 e. The minimum atomic E-state index is 0.412. The van der Waals surface area contributed by atoms with Gasteiger partial charge in [0.2, 0.25) is 0 Å². The van der Waals surface area contributed by atoms with Gasteiger partial charge in [-0.25, -0.2) is 0 Å². The number of nitrogens with two attached hydrogens (primary N) is 1. The summed E-state index contributed by atoms with van der Waals surface area (Å²) in [7, 11) is 0. The lowest BCUT2D eigenvalue weighted by Crippen LogP contribution is -2.22. The predicted molar refractivity (Wildman–Crippen MR) is 86.5 cm³/mol. The van der Waals surface area contributed by atoms with Crippen molar-refractivity contribution < 1.29 is 0 Å². The zero-order valence-corrected chi connectivity index (χ0v) is 12.9. The summed E-state index contributed by atoms with van der Waals surface area (Å²) < 4.78 is 2.02. The summed E-state index contributed by atoms with van der Waals surface area (Å²) in [6.07, 6.45) is 5.20. The fourth-order valence-electron chi connectivity index (χ4n) is 3.14. The molecule has 1 aromatic heterocycles. The van der Waals surface area contributed by atoms with Crippen LogP contribution in [0.15, 0.2) is 36.7 Å². The van der Waals surface area contributed by atoms with E-state index in [1.54, 1.807) is 0 Å². The third kappa shape index (κ3) is 2.81. The highest BCUT2D eigenvalue weighted by atomic mass is 15.3. The van der Waals surface area contributed by atoms with Gasteiger partial charge in [-0.2, -0.15) is 5.10 Å². The molecule has 0 bridgehead atoms. The van der Waals surface area contributed by atoms with Gasteiger partial charge in [-0.15, -0.1) is 0 Å². The van der Waals surface area contributed by atoms with Crippen molar-refractivity contribution in [3.8, 4) is 0 Å². The monoisotopic (exact) mass is 284 g/mol. The van der Waals surface area contributed by atoms with Gasteiger partial charge in [0.15, 0.2) is 0 Å². The lowest BCUT2D eigenvalue weighted by molar-refractivity contribution is 0.532. The standard InChI is InChI=1S/C17H24N4/c1-13(2)21-11-14(9-19-21)10-20-12-15(7-8-18)16-5-3-4-6-17(16)20/h3-6,9,11,13,15H,7-8,10,12,18H2,1-2H3. The Hall–Kier alpha value is -1.81. The van der Waals surface area contributed by atoms with Crippen LogP contribution in [0, 0.1) is 0 Å². The molecular weight excluding hydrogens is 260 g/mol. The minimum Gasteiger partial charge on any atom is -0.366 e. The summed E-state index contributed by atoms with van der Waals surface area (Å²) in [5.41, 5.74) is 9.84. The van der Waals surface area contributed by atoms with Crippen LogP contribution in [0.1, 0.15) is 43.4 Å². The van der Waals surface area contributed by atoms with E-state index in [-0.39, 0.29) is 0 Å². The highest BCUT2D eigenvalue weighted by Gasteiger charge is 2.27. The van der Waals surface area contributed by atoms with E-state index in [1.165, 1.54) is 16.8 Å². The van der Waals surface area contributed by atoms with E-state index < -0.39 is 0 Å². The average Bonchev–Trinajstić information content (AvgIpc) is 3.07. The Morgan fingerprint density at radius 3 is 2.86 bits per heavy atom. The van der Waals surface area contributed by atoms with Gasteiger partial charge < -0.3 is 10.6 Å². The van der Waals surface area contributed by atoms with Crippen LogP contribution in [0.5, 0.6) is 0 Å². The molecule has 0 saturated carbocycles. The van der Waals surface area contributed by atoms with Gasteiger partial charge in [-0.1, -0.05) is 18.2 Å². The van der Waals surface area contributed by atoms with Crippen molar-refractivity contribution in [2.75, 3.05) is 18.0 Å². The molecule has 21 heavy (non-hydrogen) atoms. The molecule has 1 aliphatic rings. The van der Waals surface area contributed by atoms with Crippen molar-refractivity contribution in [1.82, 2.24) is 9.78 Å². The lowest BCUT2D eigenvalue weighted by atomic mass is 9.98. The fourth-order valence-corrected chi connectivity index (χ4v) is 3.14. The van der Waals surface area contributed by atoms with E-state index in [1.807, 2.05) is 10.9 Å². The number of hydrogen-bond acceptors (Lipinski definition) is 3. The molecule has 0 radical (unpaired) electrons. The van der Waals surface area contributed by atoms with Gasteiger partial charge in [-0.05, 0) is 38.4 Å². The van der Waals surface area contributed by atoms with Crippen LogP contribution in [0.3, 0.4) is 0 Å². The highest BCUT2D eigenvalue weighted by molar-refractivity contribution is 5.60. The normalized spacial score (nSPS) is 17.5. The van der Waals surface area contributed by atoms with Crippen LogP contribution in [0.2, 0.25) is 0 Å². The van der Waals surface area contributed by atoms with Crippen LogP contribution >= 0.6 is 0 Å². The molecule has 1 atom stereocenters. The smallest absolute Gasteiger partial charge is 0.0539 e. The Bertz CT molecular complexity index is 602. The second-order valence-corrected chi connectivity index (χ2v) is 6.14. The molecule has 112 valence electrons. The highest BCUT2D eigenvalue weighted by Crippen LogP contribution is 2.38. The molecule has 0 amide bonds. The summed E-state index contributed by atoms with van der Waals surface area (Å²) in [6.45, 7) is 7.03. The zero-order valence-electron chi connectivity index (χ0n) is 12.9. The van der Waals surface area contributed by atoms with Crippen molar-refractivity contribution in [3.05, 3.63) is 47.8 Å². The maximum absolute atomic E-state index is 5.77. The summed E-state index contributed by atoms with van der Waals surface area (Å²) in [5, 5.41) is 4.44. The molecule has 3 rings (SSSR count). The first-order valence-electron chi connectivity index (χ1n) is 7.76. The summed E-state index contributed by atoms with van der Waals surface area (Å²) >= 11 is 0. The molecule has 2 heterocycles. The Kier molecular flexibility index (Phi) is 3.97. The number of para-hydroxylation sites is 1. The Labute approximate surface area is 126 Å². The molecule has 0 saturated heterocycles. The predicted octanol–water partition coefficient (Wildman–Crippen LogP) is 2.92. The number of fused-ring (bicyclic) bond motifs is 1. The first kappa shape index (κ1) is 14.1. The Morgan fingerprint density at radius 2 is 2.14 bits per heavy atom. The zero-order chi connectivity index (χ0) is 14.8. The van der Waals surface area contributed by atoms with Gasteiger partial charge in [-0.3, -0.25) is 4.68 Å². The second kappa shape index (κ2) is 5.90. The van der Waals surface area contributed by atoms with E-state index in [0.717, 1.165) is 26.1 Å². The molecule has 2 aromatic rings. The van der Waals surface area contributed by atoms with E-state index in [4.69, 9.17) is 5.73 Å². The summed E-state index contributed by atoms with van der Waals surface area (Å²) in [5.74, 6) is 0.561. The fraction of sp³-hybridized carbons (Fsp3) is 0.471. The molecule has 1 aliphatic heterocycles. The van der Waals surface area contributed by atoms with E-state index in [9.17, 15) is 0 Å². The van der Waals surface area contributed by atoms with Crippen molar-refractivity contribution in [2.45, 2.75) is 38.8 Å². The van der Waals surface area contributed by atoms with Crippen molar-refractivity contribution in [2.24, 2.45) is 5.73 Å². The topological polar surface area (TPSA) is 47.1 Å². The number of rotatable bonds is 5. The van der Waals surface area contributed by atoms with E-state index in [0.29, 0.717) is 12.0 Å². The largest absolute Gasteiger partial charge is 0.366 e. The van der Waals surface area contributed by atoms with E-state index >= 15 is 0 Å². The van der Waals surface area contributed by atoms with Gasteiger partial charge in [0, 0.05) is 42.5 Å². The Morgan fingerprint density at radius 1 is 1.33 bits per heavy atom. The number of benzene rings is 1. The third-order valence-corrected chi connectivity index (χ3v) is 4.23. The average molecular weight is 284 g/mol. The Balaban J connectivity index is 1.79. The molecule has 1 aromatic carbocycles. The van der Waals surface area contributed by atoms with Crippen LogP contribution < -0.4 is 10.6 Å². The van der Waals surface area contributed by atoms with Crippen LogP contribution in [0.4, 0.5) is 5.69 Å². The molecule has 0 fully saturated rings. The van der Waals surface area contributed by atoms with Crippen molar-refractivity contribution in [3.63, 3.8) is 0 Å². The third-order valence-electron chi connectivity index (χ3n) is 4.23. The quantitative estimate of drug-likeness (QED) is 0.918. The first-order valence-corrected chi connectivity index (χ1v) is 7.76. The van der Waals surface area contributed by atoms with Crippen LogP contribution in [-0.4, -0.2) is 22.9 Å².